The summed E-state index contributed by atoms with van der Waals surface area (Å²) in [5, 5.41) is 0. The van der Waals surface area contributed by atoms with Crippen LogP contribution in [0.1, 0.15) is 25.0 Å². The molecule has 0 N–H and O–H groups in total. The predicted octanol–water partition coefficient (Wildman–Crippen LogP) is 4.45. The first kappa shape index (κ1) is 17.6. The van der Waals surface area contributed by atoms with Crippen molar-refractivity contribution in [2.75, 3.05) is 32.1 Å². The van der Waals surface area contributed by atoms with E-state index in [1.54, 1.807) is 0 Å². The van der Waals surface area contributed by atoms with E-state index in [4.69, 9.17) is 0 Å². The molecular formula is C21H30N2. The van der Waals surface area contributed by atoms with Crippen molar-refractivity contribution >= 4 is 5.69 Å². The summed E-state index contributed by atoms with van der Waals surface area (Å²) in [6.45, 7) is 7.61. The number of hydrogen-bond acceptors (Lipinski definition) is 2. The first-order valence-electron chi connectivity index (χ1n) is 8.57. The van der Waals surface area contributed by atoms with Gasteiger partial charge in [0.15, 0.2) is 0 Å². The predicted molar refractivity (Wildman–Crippen MR) is 101 cm³/mol. The van der Waals surface area contributed by atoms with E-state index in [1.807, 2.05) is 0 Å². The highest BCUT2D eigenvalue weighted by atomic mass is 15.2. The number of likely N-dealkylation sites (N-methyl/N-ethyl adjacent to an activating group) is 1. The molecule has 0 saturated carbocycles. The Morgan fingerprint density at radius 1 is 0.826 bits per heavy atom. The molecule has 2 heteroatoms. The van der Waals surface area contributed by atoms with E-state index < -0.39 is 0 Å². The normalized spacial score (nSPS) is 11.2. The van der Waals surface area contributed by atoms with Gasteiger partial charge in [-0.1, -0.05) is 56.3 Å². The van der Waals surface area contributed by atoms with Gasteiger partial charge in [0.1, 0.15) is 0 Å². The molecule has 2 aromatic carbocycles. The molecule has 0 unspecified atom stereocenters. The van der Waals surface area contributed by atoms with E-state index >= 15 is 0 Å². The molecule has 0 aliphatic carbocycles. The standard InChI is InChI=1S/C21H30N2/c1-18(2)15-20-11-8-12-21(16-20)23(14-13-22(3)4)17-19-9-6-5-7-10-19/h5-12,16,18H,13-15,17H2,1-4H3. The van der Waals surface area contributed by atoms with Gasteiger partial charge in [0.25, 0.3) is 0 Å². The molecular weight excluding hydrogens is 280 g/mol. The van der Waals surface area contributed by atoms with E-state index in [0.29, 0.717) is 5.92 Å². The van der Waals surface area contributed by atoms with Crippen LogP contribution in [0.15, 0.2) is 54.6 Å². The van der Waals surface area contributed by atoms with Gasteiger partial charge in [-0.25, -0.2) is 0 Å². The molecule has 0 amide bonds. The fourth-order valence-electron chi connectivity index (χ4n) is 2.78. The quantitative estimate of drug-likeness (QED) is 0.710. The molecule has 0 bridgehead atoms. The largest absolute Gasteiger partial charge is 0.366 e. The van der Waals surface area contributed by atoms with Crippen molar-refractivity contribution in [3.63, 3.8) is 0 Å². The van der Waals surface area contributed by atoms with Crippen LogP contribution in [0.2, 0.25) is 0 Å². The molecule has 124 valence electrons. The van der Waals surface area contributed by atoms with Crippen LogP contribution in [0.3, 0.4) is 0 Å². The second kappa shape index (κ2) is 8.73. The van der Waals surface area contributed by atoms with Gasteiger partial charge in [0.2, 0.25) is 0 Å². The minimum atomic E-state index is 0.689. The lowest BCUT2D eigenvalue weighted by Gasteiger charge is -2.27. The van der Waals surface area contributed by atoms with Gasteiger partial charge in [0, 0.05) is 25.3 Å². The first-order chi connectivity index (χ1) is 11.0. The summed E-state index contributed by atoms with van der Waals surface area (Å²) in [5.74, 6) is 0.689. The van der Waals surface area contributed by atoms with Crippen molar-refractivity contribution in [1.29, 1.82) is 0 Å². The van der Waals surface area contributed by atoms with E-state index in [-0.39, 0.29) is 0 Å². The summed E-state index contributed by atoms with van der Waals surface area (Å²) in [6, 6.07) is 19.8. The second-order valence-corrected chi connectivity index (χ2v) is 6.98. The lowest BCUT2D eigenvalue weighted by Crippen LogP contribution is -2.31. The van der Waals surface area contributed by atoms with Crippen LogP contribution in [0.25, 0.3) is 0 Å². The third kappa shape index (κ3) is 6.07. The van der Waals surface area contributed by atoms with Gasteiger partial charge in [-0.05, 0) is 49.7 Å². The zero-order chi connectivity index (χ0) is 16.7. The van der Waals surface area contributed by atoms with Crippen LogP contribution in [0, 0.1) is 5.92 Å². The van der Waals surface area contributed by atoms with Crippen LogP contribution >= 0.6 is 0 Å². The lowest BCUT2D eigenvalue weighted by molar-refractivity contribution is 0.412. The van der Waals surface area contributed by atoms with Crippen LogP contribution in [-0.2, 0) is 13.0 Å². The maximum absolute atomic E-state index is 2.49. The SMILES string of the molecule is CC(C)Cc1cccc(N(CCN(C)C)Cc2ccccc2)c1. The van der Waals surface area contributed by atoms with Gasteiger partial charge in [-0.2, -0.15) is 0 Å². The summed E-state index contributed by atoms with van der Waals surface area (Å²) in [5.41, 5.74) is 4.12. The van der Waals surface area contributed by atoms with Crippen LogP contribution in [-0.4, -0.2) is 32.1 Å². The second-order valence-electron chi connectivity index (χ2n) is 6.98. The number of nitrogens with zero attached hydrogens (tertiary/aromatic N) is 2. The van der Waals surface area contributed by atoms with Gasteiger partial charge >= 0.3 is 0 Å². The Kier molecular flexibility index (Phi) is 6.66. The zero-order valence-corrected chi connectivity index (χ0v) is 15.0. The fraction of sp³-hybridized carbons (Fsp3) is 0.429. The molecule has 0 spiro atoms. The summed E-state index contributed by atoms with van der Waals surface area (Å²) in [6.07, 6.45) is 1.14. The average molecular weight is 310 g/mol. The topological polar surface area (TPSA) is 6.48 Å². The minimum absolute atomic E-state index is 0.689. The molecule has 2 rings (SSSR count). The van der Waals surface area contributed by atoms with Crippen molar-refractivity contribution in [3.05, 3.63) is 65.7 Å². The Bertz CT molecular complexity index is 575. The molecule has 2 nitrogen and oxygen atoms in total. The third-order valence-corrected chi connectivity index (χ3v) is 3.95. The van der Waals surface area contributed by atoms with Crippen molar-refractivity contribution in [3.8, 4) is 0 Å². The summed E-state index contributed by atoms with van der Waals surface area (Å²) < 4.78 is 0. The van der Waals surface area contributed by atoms with E-state index in [1.165, 1.54) is 16.8 Å². The fourth-order valence-corrected chi connectivity index (χ4v) is 2.78. The molecule has 0 heterocycles. The third-order valence-electron chi connectivity index (χ3n) is 3.95. The lowest BCUT2D eigenvalue weighted by atomic mass is 10.0. The highest BCUT2D eigenvalue weighted by Gasteiger charge is 2.09. The molecule has 0 fully saturated rings. The van der Waals surface area contributed by atoms with E-state index in [2.05, 4.69) is 92.3 Å². The Hall–Kier alpha value is -1.80. The van der Waals surface area contributed by atoms with Crippen molar-refractivity contribution in [1.82, 2.24) is 4.90 Å². The first-order valence-corrected chi connectivity index (χ1v) is 8.57. The van der Waals surface area contributed by atoms with Crippen molar-refractivity contribution in [2.45, 2.75) is 26.8 Å². The molecule has 0 aliphatic rings. The zero-order valence-electron chi connectivity index (χ0n) is 15.0. The summed E-state index contributed by atoms with van der Waals surface area (Å²) in [7, 11) is 4.27. The number of benzene rings is 2. The van der Waals surface area contributed by atoms with Gasteiger partial charge in [0.05, 0.1) is 0 Å². The number of hydrogen-bond donors (Lipinski definition) is 0. The number of anilines is 1. The van der Waals surface area contributed by atoms with Crippen LogP contribution in [0.5, 0.6) is 0 Å². The minimum Gasteiger partial charge on any atom is -0.366 e. The van der Waals surface area contributed by atoms with Crippen molar-refractivity contribution < 1.29 is 0 Å². The van der Waals surface area contributed by atoms with E-state index in [0.717, 1.165) is 26.1 Å². The van der Waals surface area contributed by atoms with Gasteiger partial charge < -0.3 is 9.80 Å². The van der Waals surface area contributed by atoms with Crippen molar-refractivity contribution in [2.24, 2.45) is 5.92 Å². The Balaban J connectivity index is 2.18. The summed E-state index contributed by atoms with van der Waals surface area (Å²) in [4.78, 5) is 4.73. The molecule has 0 aliphatic heterocycles. The smallest absolute Gasteiger partial charge is 0.0430 e. The Labute approximate surface area is 141 Å². The summed E-state index contributed by atoms with van der Waals surface area (Å²) >= 11 is 0. The number of rotatable bonds is 8. The van der Waals surface area contributed by atoms with Gasteiger partial charge in [-0.3, -0.25) is 0 Å². The molecule has 0 saturated heterocycles. The van der Waals surface area contributed by atoms with E-state index in [9.17, 15) is 0 Å². The Morgan fingerprint density at radius 2 is 1.52 bits per heavy atom. The highest BCUT2D eigenvalue weighted by Crippen LogP contribution is 2.20. The molecule has 23 heavy (non-hydrogen) atoms. The maximum Gasteiger partial charge on any atom is 0.0430 e. The molecule has 2 aromatic rings. The van der Waals surface area contributed by atoms with Crippen LogP contribution in [0.4, 0.5) is 5.69 Å². The van der Waals surface area contributed by atoms with Crippen LogP contribution < -0.4 is 4.90 Å². The average Bonchev–Trinajstić information content (AvgIpc) is 2.52. The molecule has 0 radical (unpaired) electrons. The van der Waals surface area contributed by atoms with Gasteiger partial charge in [-0.15, -0.1) is 0 Å². The maximum atomic E-state index is 2.49. The Morgan fingerprint density at radius 3 is 2.17 bits per heavy atom. The molecule has 0 aromatic heterocycles. The monoisotopic (exact) mass is 310 g/mol. The highest BCUT2D eigenvalue weighted by molar-refractivity contribution is 5.49. The molecule has 0 atom stereocenters.